The second-order valence-corrected chi connectivity index (χ2v) is 6.62. The Balaban J connectivity index is 1.67. The standard InChI is InChI=1S/C18H22ClN3O/c1-13-7-8-14(19)11-15(13)20-18(23)12-22-10-4-6-17(22)16-5-3-9-21(16)2/h3,5,7-9,11,17H,4,6,10,12H2,1-2H3,(H,20,23). The number of rotatable bonds is 4. The topological polar surface area (TPSA) is 37.3 Å². The van der Waals surface area contributed by atoms with Crippen molar-refractivity contribution in [2.75, 3.05) is 18.4 Å². The predicted octanol–water partition coefficient (Wildman–Crippen LogP) is 3.76. The van der Waals surface area contributed by atoms with Gasteiger partial charge in [-0.2, -0.15) is 0 Å². The summed E-state index contributed by atoms with van der Waals surface area (Å²) < 4.78 is 2.14. The Hall–Kier alpha value is -1.78. The summed E-state index contributed by atoms with van der Waals surface area (Å²) >= 11 is 6.01. The smallest absolute Gasteiger partial charge is 0.238 e. The molecule has 1 aliphatic heterocycles. The largest absolute Gasteiger partial charge is 0.353 e. The highest BCUT2D eigenvalue weighted by Crippen LogP contribution is 2.31. The minimum Gasteiger partial charge on any atom is -0.353 e. The molecule has 0 radical (unpaired) electrons. The zero-order valence-corrected chi connectivity index (χ0v) is 14.3. The van der Waals surface area contributed by atoms with Crippen LogP contribution in [-0.4, -0.2) is 28.5 Å². The fraction of sp³-hybridized carbons (Fsp3) is 0.389. The molecule has 122 valence electrons. The van der Waals surface area contributed by atoms with Crippen LogP contribution in [0.1, 0.15) is 30.1 Å². The van der Waals surface area contributed by atoms with E-state index in [1.807, 2.05) is 19.1 Å². The summed E-state index contributed by atoms with van der Waals surface area (Å²) in [4.78, 5) is 14.7. The highest BCUT2D eigenvalue weighted by Gasteiger charge is 2.29. The SMILES string of the molecule is Cc1ccc(Cl)cc1NC(=O)CN1CCCC1c1cccn1C. The molecule has 3 rings (SSSR count). The van der Waals surface area contributed by atoms with Gasteiger partial charge in [0.2, 0.25) is 5.91 Å². The fourth-order valence-corrected chi connectivity index (χ4v) is 3.45. The number of nitrogens with one attached hydrogen (secondary N) is 1. The number of halogens is 1. The first kappa shape index (κ1) is 16.1. The normalized spacial score (nSPS) is 18.3. The lowest BCUT2D eigenvalue weighted by Crippen LogP contribution is -2.33. The third-order valence-electron chi connectivity index (χ3n) is 4.51. The van der Waals surface area contributed by atoms with E-state index in [1.165, 1.54) is 5.69 Å². The van der Waals surface area contributed by atoms with Gasteiger partial charge in [0.1, 0.15) is 0 Å². The molecule has 1 N–H and O–H groups in total. The van der Waals surface area contributed by atoms with Gasteiger partial charge < -0.3 is 9.88 Å². The molecule has 0 aliphatic carbocycles. The number of aromatic nitrogens is 1. The lowest BCUT2D eigenvalue weighted by Gasteiger charge is -2.24. The lowest BCUT2D eigenvalue weighted by molar-refractivity contribution is -0.117. The molecule has 1 unspecified atom stereocenters. The molecule has 0 bridgehead atoms. The van der Waals surface area contributed by atoms with Crippen molar-refractivity contribution in [3.05, 3.63) is 52.8 Å². The van der Waals surface area contributed by atoms with E-state index in [0.29, 0.717) is 17.6 Å². The van der Waals surface area contributed by atoms with E-state index in [1.54, 1.807) is 6.07 Å². The Morgan fingerprint density at radius 2 is 2.22 bits per heavy atom. The molecular weight excluding hydrogens is 310 g/mol. The van der Waals surface area contributed by atoms with Gasteiger partial charge in [-0.1, -0.05) is 17.7 Å². The second kappa shape index (κ2) is 6.77. The second-order valence-electron chi connectivity index (χ2n) is 6.18. The van der Waals surface area contributed by atoms with E-state index < -0.39 is 0 Å². The Labute approximate surface area is 142 Å². The summed E-state index contributed by atoms with van der Waals surface area (Å²) in [5.41, 5.74) is 3.08. The van der Waals surface area contributed by atoms with Crippen molar-refractivity contribution >= 4 is 23.2 Å². The first-order chi connectivity index (χ1) is 11.0. The summed E-state index contributed by atoms with van der Waals surface area (Å²) in [5.74, 6) is 0.0106. The molecule has 23 heavy (non-hydrogen) atoms. The molecule has 1 fully saturated rings. The summed E-state index contributed by atoms with van der Waals surface area (Å²) in [7, 11) is 2.06. The predicted molar refractivity (Wildman–Crippen MR) is 93.8 cm³/mol. The molecule has 0 saturated carbocycles. The number of hydrogen-bond acceptors (Lipinski definition) is 2. The van der Waals surface area contributed by atoms with Crippen LogP contribution >= 0.6 is 11.6 Å². The third kappa shape index (κ3) is 3.59. The Morgan fingerprint density at radius 1 is 1.39 bits per heavy atom. The number of carbonyl (C=O) groups is 1. The molecule has 2 heterocycles. The minimum atomic E-state index is 0.0106. The van der Waals surface area contributed by atoms with Gasteiger partial charge in [-0.05, 0) is 56.1 Å². The van der Waals surface area contributed by atoms with Gasteiger partial charge in [0.25, 0.3) is 0 Å². The van der Waals surface area contributed by atoms with Crippen molar-refractivity contribution in [2.24, 2.45) is 7.05 Å². The van der Waals surface area contributed by atoms with Crippen molar-refractivity contribution in [1.29, 1.82) is 0 Å². The van der Waals surface area contributed by atoms with Crippen molar-refractivity contribution < 1.29 is 4.79 Å². The van der Waals surface area contributed by atoms with Crippen LogP contribution < -0.4 is 5.32 Å². The number of carbonyl (C=O) groups excluding carboxylic acids is 1. The van der Waals surface area contributed by atoms with Gasteiger partial charge in [-0.25, -0.2) is 0 Å². The molecule has 1 aromatic carbocycles. The maximum Gasteiger partial charge on any atom is 0.238 e. The van der Waals surface area contributed by atoms with Gasteiger partial charge in [-0.3, -0.25) is 9.69 Å². The van der Waals surface area contributed by atoms with E-state index in [-0.39, 0.29) is 5.91 Å². The van der Waals surface area contributed by atoms with Gasteiger partial charge in [-0.15, -0.1) is 0 Å². The maximum atomic E-state index is 12.4. The van der Waals surface area contributed by atoms with E-state index >= 15 is 0 Å². The van der Waals surface area contributed by atoms with Crippen molar-refractivity contribution in [3.8, 4) is 0 Å². The number of nitrogens with zero attached hydrogens (tertiary/aromatic N) is 2. The highest BCUT2D eigenvalue weighted by molar-refractivity contribution is 6.31. The molecular formula is C18H22ClN3O. The minimum absolute atomic E-state index is 0.0106. The van der Waals surface area contributed by atoms with E-state index in [4.69, 9.17) is 11.6 Å². The summed E-state index contributed by atoms with van der Waals surface area (Å²) in [5, 5.41) is 3.62. The molecule has 1 amide bonds. The summed E-state index contributed by atoms with van der Waals surface area (Å²) in [6.45, 7) is 3.33. The van der Waals surface area contributed by atoms with E-state index in [0.717, 1.165) is 30.6 Å². The zero-order chi connectivity index (χ0) is 16.4. The van der Waals surface area contributed by atoms with Crippen LogP contribution in [-0.2, 0) is 11.8 Å². The van der Waals surface area contributed by atoms with Crippen molar-refractivity contribution in [1.82, 2.24) is 9.47 Å². The number of amides is 1. The molecule has 2 aromatic rings. The Kier molecular flexibility index (Phi) is 4.74. The molecule has 4 nitrogen and oxygen atoms in total. The average molecular weight is 332 g/mol. The van der Waals surface area contributed by atoms with Crippen LogP contribution in [0.25, 0.3) is 0 Å². The quantitative estimate of drug-likeness (QED) is 0.926. The number of hydrogen-bond donors (Lipinski definition) is 1. The van der Waals surface area contributed by atoms with Crippen LogP contribution in [0.15, 0.2) is 36.5 Å². The number of anilines is 1. The van der Waals surface area contributed by atoms with Crippen molar-refractivity contribution in [2.45, 2.75) is 25.8 Å². The molecule has 1 aliphatic rings. The van der Waals surface area contributed by atoms with Gasteiger partial charge >= 0.3 is 0 Å². The van der Waals surface area contributed by atoms with E-state index in [2.05, 4.69) is 40.2 Å². The number of likely N-dealkylation sites (tertiary alicyclic amines) is 1. The molecule has 1 saturated heterocycles. The third-order valence-corrected chi connectivity index (χ3v) is 4.74. The monoisotopic (exact) mass is 331 g/mol. The van der Waals surface area contributed by atoms with Gasteiger partial charge in [0.05, 0.1) is 12.6 Å². The van der Waals surface area contributed by atoms with Gasteiger partial charge in [0.15, 0.2) is 0 Å². The first-order valence-corrected chi connectivity index (χ1v) is 8.33. The number of aryl methyl sites for hydroxylation is 2. The maximum absolute atomic E-state index is 12.4. The van der Waals surface area contributed by atoms with Crippen LogP contribution in [0.3, 0.4) is 0 Å². The highest BCUT2D eigenvalue weighted by atomic mass is 35.5. The van der Waals surface area contributed by atoms with Crippen molar-refractivity contribution in [3.63, 3.8) is 0 Å². The number of benzene rings is 1. The average Bonchev–Trinajstić information content (AvgIpc) is 3.11. The van der Waals surface area contributed by atoms with Crippen LogP contribution in [0.2, 0.25) is 5.02 Å². The summed E-state index contributed by atoms with van der Waals surface area (Å²) in [6.07, 6.45) is 4.28. The Bertz CT molecular complexity index is 710. The van der Waals surface area contributed by atoms with E-state index in [9.17, 15) is 4.79 Å². The van der Waals surface area contributed by atoms with Gasteiger partial charge in [0, 0.05) is 29.6 Å². The molecule has 0 spiro atoms. The van der Waals surface area contributed by atoms with Crippen LogP contribution in [0.5, 0.6) is 0 Å². The molecule has 1 aromatic heterocycles. The van der Waals surface area contributed by atoms with Crippen LogP contribution in [0.4, 0.5) is 5.69 Å². The zero-order valence-electron chi connectivity index (χ0n) is 13.6. The molecule has 5 heteroatoms. The first-order valence-electron chi connectivity index (χ1n) is 7.96. The fourth-order valence-electron chi connectivity index (χ4n) is 3.27. The summed E-state index contributed by atoms with van der Waals surface area (Å²) in [6, 6.07) is 10.1. The molecule has 1 atom stereocenters. The Morgan fingerprint density at radius 3 is 2.96 bits per heavy atom. The van der Waals surface area contributed by atoms with Crippen LogP contribution in [0, 0.1) is 6.92 Å². The lowest BCUT2D eigenvalue weighted by atomic mass is 10.1.